The predicted octanol–water partition coefficient (Wildman–Crippen LogP) is 2.30. The Morgan fingerprint density at radius 2 is 2.25 bits per heavy atom. The van der Waals surface area contributed by atoms with E-state index in [2.05, 4.69) is 6.07 Å². The lowest BCUT2D eigenvalue weighted by atomic mass is 10.1. The van der Waals surface area contributed by atoms with Crippen LogP contribution in [0.1, 0.15) is 11.1 Å². The van der Waals surface area contributed by atoms with Crippen LogP contribution in [0.25, 0.3) is 0 Å². The summed E-state index contributed by atoms with van der Waals surface area (Å²) in [4.78, 5) is 0. The number of halogens is 1. The third-order valence-corrected chi connectivity index (χ3v) is 2.05. The molecule has 0 saturated heterocycles. The number of nitrogen functional groups attached to an aromatic ring is 1. The van der Waals surface area contributed by atoms with Gasteiger partial charge in [0.25, 0.3) is 0 Å². The third-order valence-electron chi connectivity index (χ3n) is 1.72. The second kappa shape index (κ2) is 3.46. The molecule has 12 heavy (non-hydrogen) atoms. The van der Waals surface area contributed by atoms with Gasteiger partial charge in [0.2, 0.25) is 0 Å². The zero-order valence-corrected chi connectivity index (χ0v) is 7.52. The van der Waals surface area contributed by atoms with Gasteiger partial charge in [0.15, 0.2) is 0 Å². The van der Waals surface area contributed by atoms with Gasteiger partial charge in [-0.05, 0) is 30.2 Å². The van der Waals surface area contributed by atoms with Gasteiger partial charge in [0.05, 0.1) is 23.2 Å². The Bertz CT molecular complexity index is 339. The van der Waals surface area contributed by atoms with Gasteiger partial charge in [0.1, 0.15) is 0 Å². The van der Waals surface area contributed by atoms with Crippen LogP contribution in [0.15, 0.2) is 12.1 Å². The number of hydrogen-bond acceptors (Lipinski definition) is 2. The van der Waals surface area contributed by atoms with E-state index in [1.807, 2.05) is 6.92 Å². The molecule has 0 heterocycles. The summed E-state index contributed by atoms with van der Waals surface area (Å²) in [5.74, 6) is 0. The fraction of sp³-hybridized carbons (Fsp3) is 0.222. The minimum absolute atomic E-state index is 0.382. The van der Waals surface area contributed by atoms with Crippen molar-refractivity contribution in [3.63, 3.8) is 0 Å². The zero-order valence-electron chi connectivity index (χ0n) is 6.76. The first-order chi connectivity index (χ1) is 5.65. The van der Waals surface area contributed by atoms with Gasteiger partial charge in [-0.25, -0.2) is 0 Å². The van der Waals surface area contributed by atoms with E-state index in [0.29, 0.717) is 17.1 Å². The average Bonchev–Trinajstić information content (AvgIpc) is 2.01. The van der Waals surface area contributed by atoms with Crippen LogP contribution in [-0.2, 0) is 6.42 Å². The second-order valence-electron chi connectivity index (χ2n) is 2.64. The van der Waals surface area contributed by atoms with Gasteiger partial charge in [-0.2, -0.15) is 5.26 Å². The van der Waals surface area contributed by atoms with Crippen LogP contribution < -0.4 is 5.73 Å². The average molecular weight is 181 g/mol. The first-order valence-electron chi connectivity index (χ1n) is 3.56. The first-order valence-corrected chi connectivity index (χ1v) is 3.94. The largest absolute Gasteiger partial charge is 0.398 e. The number of hydrogen-bond donors (Lipinski definition) is 1. The Kier molecular flexibility index (Phi) is 2.57. The van der Waals surface area contributed by atoms with Crippen LogP contribution in [-0.4, -0.2) is 0 Å². The van der Waals surface area contributed by atoms with Crippen LogP contribution in [0, 0.1) is 18.3 Å². The van der Waals surface area contributed by atoms with E-state index in [-0.39, 0.29) is 0 Å². The molecule has 2 nitrogen and oxygen atoms in total. The number of anilines is 1. The lowest BCUT2D eigenvalue weighted by Gasteiger charge is -2.04. The van der Waals surface area contributed by atoms with E-state index in [1.54, 1.807) is 12.1 Å². The monoisotopic (exact) mass is 180 g/mol. The molecule has 0 saturated carbocycles. The van der Waals surface area contributed by atoms with E-state index in [4.69, 9.17) is 22.6 Å². The Labute approximate surface area is 76.6 Å². The number of aryl methyl sites for hydroxylation is 1. The quantitative estimate of drug-likeness (QED) is 0.675. The molecule has 0 fully saturated rings. The number of nitriles is 1. The minimum atomic E-state index is 0.382. The van der Waals surface area contributed by atoms with Gasteiger partial charge in [-0.1, -0.05) is 11.6 Å². The molecule has 0 spiro atoms. The van der Waals surface area contributed by atoms with Gasteiger partial charge in [-0.3, -0.25) is 0 Å². The zero-order chi connectivity index (χ0) is 9.14. The summed E-state index contributed by atoms with van der Waals surface area (Å²) in [5, 5.41) is 9.03. The summed E-state index contributed by atoms with van der Waals surface area (Å²) in [6.07, 6.45) is 0.382. The van der Waals surface area contributed by atoms with Gasteiger partial charge in [-0.15, -0.1) is 0 Å². The lowest BCUT2D eigenvalue weighted by molar-refractivity contribution is 1.21. The van der Waals surface area contributed by atoms with Crippen molar-refractivity contribution in [1.82, 2.24) is 0 Å². The van der Waals surface area contributed by atoms with Gasteiger partial charge < -0.3 is 5.73 Å². The predicted molar refractivity (Wildman–Crippen MR) is 49.9 cm³/mol. The van der Waals surface area contributed by atoms with E-state index < -0.39 is 0 Å². The van der Waals surface area contributed by atoms with Crippen LogP contribution in [0.5, 0.6) is 0 Å². The highest BCUT2D eigenvalue weighted by atomic mass is 35.5. The van der Waals surface area contributed by atoms with E-state index in [1.165, 1.54) is 0 Å². The summed E-state index contributed by atoms with van der Waals surface area (Å²) in [6, 6.07) is 5.61. The lowest BCUT2D eigenvalue weighted by Crippen LogP contribution is -1.93. The molecule has 3 heteroatoms. The van der Waals surface area contributed by atoms with E-state index in [9.17, 15) is 0 Å². The van der Waals surface area contributed by atoms with Crippen molar-refractivity contribution in [2.45, 2.75) is 13.3 Å². The van der Waals surface area contributed by atoms with Gasteiger partial charge >= 0.3 is 0 Å². The molecule has 0 aliphatic carbocycles. The van der Waals surface area contributed by atoms with Crippen molar-refractivity contribution in [1.29, 1.82) is 5.26 Å². The molecule has 62 valence electrons. The number of nitrogens with two attached hydrogens (primary N) is 1. The molecule has 1 rings (SSSR count). The Morgan fingerprint density at radius 1 is 1.58 bits per heavy atom. The molecule has 1 aromatic rings. The molecule has 0 aliphatic heterocycles. The summed E-state index contributed by atoms with van der Waals surface area (Å²) in [6.45, 7) is 1.91. The number of nitrogens with zero attached hydrogens (tertiary/aromatic N) is 1. The smallest absolute Gasteiger partial charge is 0.0669 e. The van der Waals surface area contributed by atoms with E-state index >= 15 is 0 Å². The molecule has 0 radical (unpaired) electrons. The van der Waals surface area contributed by atoms with Crippen molar-refractivity contribution in [3.8, 4) is 6.07 Å². The molecule has 0 unspecified atom stereocenters. The Hall–Kier alpha value is -1.20. The molecule has 0 atom stereocenters. The fourth-order valence-corrected chi connectivity index (χ4v) is 1.23. The third kappa shape index (κ3) is 1.69. The Morgan fingerprint density at radius 3 is 2.83 bits per heavy atom. The summed E-state index contributed by atoms with van der Waals surface area (Å²) < 4.78 is 0. The minimum Gasteiger partial charge on any atom is -0.398 e. The van der Waals surface area contributed by atoms with Crippen molar-refractivity contribution < 1.29 is 0 Å². The molecule has 0 aliphatic rings. The van der Waals surface area contributed by atoms with Crippen LogP contribution >= 0.6 is 11.6 Å². The topological polar surface area (TPSA) is 49.8 Å². The highest BCUT2D eigenvalue weighted by molar-refractivity contribution is 6.33. The normalized spacial score (nSPS) is 9.42. The molecular weight excluding hydrogens is 172 g/mol. The van der Waals surface area contributed by atoms with E-state index in [0.717, 1.165) is 11.1 Å². The summed E-state index contributed by atoms with van der Waals surface area (Å²) in [5.41, 5.74) is 8.07. The standard InChI is InChI=1S/C9H9ClN2/c1-6-4-8(10)9(12)5-7(6)2-3-11/h4-5H,2,12H2,1H3. The van der Waals surface area contributed by atoms with Gasteiger partial charge in [0, 0.05) is 0 Å². The van der Waals surface area contributed by atoms with Crippen molar-refractivity contribution >= 4 is 17.3 Å². The van der Waals surface area contributed by atoms with Crippen molar-refractivity contribution in [3.05, 3.63) is 28.3 Å². The van der Waals surface area contributed by atoms with Crippen LogP contribution in [0.2, 0.25) is 5.02 Å². The maximum Gasteiger partial charge on any atom is 0.0669 e. The van der Waals surface area contributed by atoms with Crippen molar-refractivity contribution in [2.75, 3.05) is 5.73 Å². The van der Waals surface area contributed by atoms with Crippen molar-refractivity contribution in [2.24, 2.45) is 0 Å². The maximum atomic E-state index is 8.48. The Balaban J connectivity index is 3.16. The van der Waals surface area contributed by atoms with Crippen LogP contribution in [0.3, 0.4) is 0 Å². The fourth-order valence-electron chi connectivity index (χ4n) is 1.01. The molecule has 1 aromatic carbocycles. The highest BCUT2D eigenvalue weighted by Gasteiger charge is 2.02. The maximum absolute atomic E-state index is 8.48. The summed E-state index contributed by atoms with van der Waals surface area (Å²) in [7, 11) is 0. The molecule has 0 bridgehead atoms. The highest BCUT2D eigenvalue weighted by Crippen LogP contribution is 2.23. The SMILES string of the molecule is Cc1cc(Cl)c(N)cc1CC#N. The number of rotatable bonds is 1. The first kappa shape index (κ1) is 8.89. The summed E-state index contributed by atoms with van der Waals surface area (Å²) >= 11 is 5.78. The molecule has 2 N–H and O–H groups in total. The molecule has 0 aromatic heterocycles. The number of benzene rings is 1. The van der Waals surface area contributed by atoms with Crippen LogP contribution in [0.4, 0.5) is 5.69 Å². The molecular formula is C9H9ClN2. The molecule has 0 amide bonds. The second-order valence-corrected chi connectivity index (χ2v) is 3.04.